The number of hydrogen-bond donors (Lipinski definition) is 1. The molecular formula is C36H51NO6S. The number of ether oxygens (including phenoxy) is 3. The van der Waals surface area contributed by atoms with Gasteiger partial charge in [0.1, 0.15) is 0 Å². The normalized spacial score (nSPS) is 37.5. The van der Waals surface area contributed by atoms with Crippen LogP contribution in [0.15, 0.2) is 17.7 Å². The number of thioether (sulfide) groups is 1. The smallest absolute Gasteiger partial charge is 0.308 e. The van der Waals surface area contributed by atoms with Crippen LogP contribution in [0.25, 0.3) is 0 Å². The molecule has 0 aromatic heterocycles. The number of esters is 2. The Labute approximate surface area is 267 Å². The monoisotopic (exact) mass is 625 g/mol. The first-order valence-corrected chi connectivity index (χ1v) is 17.0. The molecule has 4 aliphatic carbocycles. The summed E-state index contributed by atoms with van der Waals surface area (Å²) in [5, 5.41) is -0.213. The Kier molecular flexibility index (Phi) is 8.51. The van der Waals surface area contributed by atoms with Gasteiger partial charge >= 0.3 is 11.9 Å². The van der Waals surface area contributed by atoms with Crippen LogP contribution in [0, 0.1) is 34.5 Å². The van der Waals surface area contributed by atoms with Crippen LogP contribution in [0.4, 0.5) is 0 Å². The molecule has 0 radical (unpaired) electrons. The van der Waals surface area contributed by atoms with Gasteiger partial charge in [0.15, 0.2) is 16.6 Å². The molecule has 8 heteroatoms. The van der Waals surface area contributed by atoms with Crippen molar-refractivity contribution < 1.29 is 28.6 Å². The van der Waals surface area contributed by atoms with E-state index in [4.69, 9.17) is 19.9 Å². The van der Waals surface area contributed by atoms with Crippen molar-refractivity contribution in [3.63, 3.8) is 0 Å². The summed E-state index contributed by atoms with van der Waals surface area (Å²) < 4.78 is 17.2. The van der Waals surface area contributed by atoms with E-state index < -0.39 is 11.9 Å². The first-order chi connectivity index (χ1) is 20.4. The summed E-state index contributed by atoms with van der Waals surface area (Å²) in [5.74, 6) is 0.0679. The summed E-state index contributed by atoms with van der Waals surface area (Å²) in [6.45, 7) is 19.4. The summed E-state index contributed by atoms with van der Waals surface area (Å²) >= 11 is 1.31. The molecule has 1 aromatic rings. The maximum Gasteiger partial charge on any atom is 0.308 e. The summed E-state index contributed by atoms with van der Waals surface area (Å²) in [5.41, 5.74) is 9.92. The number of carbonyl (C=O) groups excluding carboxylic acids is 3. The fourth-order valence-electron chi connectivity index (χ4n) is 9.95. The SMILES string of the molecule is CC(=O)Oc1cc2c(c(C)c1OC(C)=O)C(SC(C)=O)C=C1C3(C)CC[C@@]4(C)CCC(C)(COCN)C[C@H]4[C@]3(C)CC[C@]12C. The van der Waals surface area contributed by atoms with E-state index in [2.05, 4.69) is 40.7 Å². The molecule has 0 amide bonds. The van der Waals surface area contributed by atoms with Crippen molar-refractivity contribution in [3.8, 4) is 11.5 Å². The fourth-order valence-corrected chi connectivity index (χ4v) is 10.9. The third-order valence-electron chi connectivity index (χ3n) is 12.5. The molecule has 0 heterocycles. The molecule has 2 N–H and O–H groups in total. The quantitative estimate of drug-likeness (QED) is 0.148. The van der Waals surface area contributed by atoms with E-state index in [0.29, 0.717) is 12.5 Å². The van der Waals surface area contributed by atoms with Gasteiger partial charge in [0.05, 0.1) is 18.6 Å². The van der Waals surface area contributed by atoms with Crippen molar-refractivity contribution in [2.45, 2.75) is 118 Å². The number of hydrogen-bond acceptors (Lipinski definition) is 8. The summed E-state index contributed by atoms with van der Waals surface area (Å²) in [7, 11) is 0. The van der Waals surface area contributed by atoms with Crippen LogP contribution in [0.1, 0.15) is 122 Å². The zero-order valence-electron chi connectivity index (χ0n) is 28.1. The highest BCUT2D eigenvalue weighted by molar-refractivity contribution is 8.13. The Bertz CT molecular complexity index is 1420. The molecule has 7 nitrogen and oxygen atoms in total. The number of fused-ring (bicyclic) bond motifs is 7. The summed E-state index contributed by atoms with van der Waals surface area (Å²) in [6.07, 6.45) is 10.1. The Morgan fingerprint density at radius 1 is 0.932 bits per heavy atom. The zero-order chi connectivity index (χ0) is 32.5. The van der Waals surface area contributed by atoms with Gasteiger partial charge < -0.3 is 19.9 Å². The predicted octanol–water partition coefficient (Wildman–Crippen LogP) is 7.71. The lowest BCUT2D eigenvalue weighted by molar-refractivity contribution is -0.166. The van der Waals surface area contributed by atoms with E-state index in [9.17, 15) is 14.4 Å². The maximum absolute atomic E-state index is 12.7. The summed E-state index contributed by atoms with van der Waals surface area (Å²) in [4.78, 5) is 37.1. The van der Waals surface area contributed by atoms with Gasteiger partial charge in [-0.25, -0.2) is 0 Å². The number of rotatable bonds is 6. The van der Waals surface area contributed by atoms with Gasteiger partial charge in [-0.05, 0) is 96.6 Å². The minimum absolute atomic E-state index is 0.0294. The minimum atomic E-state index is -0.488. The number of benzene rings is 1. The first kappa shape index (κ1) is 33.2. The Balaban J connectivity index is 1.69. The van der Waals surface area contributed by atoms with Crippen molar-refractivity contribution in [1.29, 1.82) is 0 Å². The fraction of sp³-hybridized carbons (Fsp3) is 0.694. The Morgan fingerprint density at radius 3 is 2.20 bits per heavy atom. The first-order valence-electron chi connectivity index (χ1n) is 16.2. The highest BCUT2D eigenvalue weighted by Crippen LogP contribution is 2.75. The zero-order valence-corrected chi connectivity index (χ0v) is 28.9. The predicted molar refractivity (Wildman–Crippen MR) is 173 cm³/mol. The van der Waals surface area contributed by atoms with E-state index in [1.165, 1.54) is 37.6 Å². The topological polar surface area (TPSA) is 105 Å². The van der Waals surface area contributed by atoms with Crippen LogP contribution in [0.3, 0.4) is 0 Å². The summed E-state index contributed by atoms with van der Waals surface area (Å²) in [6, 6.07) is 1.92. The van der Waals surface area contributed by atoms with Gasteiger partial charge in [-0.2, -0.15) is 0 Å². The number of carbonyl (C=O) groups is 3. The lowest BCUT2D eigenvalue weighted by Crippen LogP contribution is -2.62. The molecule has 1 aromatic carbocycles. The van der Waals surface area contributed by atoms with Gasteiger partial charge in [-0.15, -0.1) is 0 Å². The van der Waals surface area contributed by atoms with Crippen LogP contribution in [-0.4, -0.2) is 30.4 Å². The largest absolute Gasteiger partial charge is 0.423 e. The molecule has 44 heavy (non-hydrogen) atoms. The molecular weight excluding hydrogens is 574 g/mol. The molecule has 3 unspecified atom stereocenters. The second-order valence-corrected chi connectivity index (χ2v) is 16.7. The highest BCUT2D eigenvalue weighted by Gasteiger charge is 2.66. The molecule has 3 saturated carbocycles. The number of nitrogens with two attached hydrogens (primary N) is 1. The van der Waals surface area contributed by atoms with Crippen LogP contribution in [0.2, 0.25) is 0 Å². The molecule has 7 atom stereocenters. The highest BCUT2D eigenvalue weighted by atomic mass is 32.2. The Hall–Kier alpha value is -2.16. The van der Waals surface area contributed by atoms with Crippen LogP contribution < -0.4 is 15.2 Å². The molecule has 4 aliphatic rings. The van der Waals surface area contributed by atoms with Crippen molar-refractivity contribution in [2.24, 2.45) is 33.3 Å². The van der Waals surface area contributed by atoms with Crippen LogP contribution >= 0.6 is 11.8 Å². The third-order valence-corrected chi connectivity index (χ3v) is 13.4. The lowest BCUT2D eigenvalue weighted by atomic mass is 9.34. The standard InChI is InChI=1S/C36H51NO6S/c1-21-30-25(16-26(42-22(2)38)31(21)43-23(3)39)34(7)13-15-36(9)29-18-32(5,19-41-20-37)10-11-33(29,6)12-14-35(36,8)28(34)17-27(30)44-24(4)40/h16-17,27,29H,10-15,18-20,37H2,1-9H3/t27?,29-,32?,33-,34+,35?,36+/m1/s1. The third kappa shape index (κ3) is 5.17. The maximum atomic E-state index is 12.7. The van der Waals surface area contributed by atoms with Crippen molar-refractivity contribution in [2.75, 3.05) is 13.3 Å². The average molecular weight is 626 g/mol. The second-order valence-electron chi connectivity index (χ2n) is 15.4. The molecule has 0 saturated heterocycles. The minimum Gasteiger partial charge on any atom is -0.423 e. The van der Waals surface area contributed by atoms with Gasteiger partial charge in [0.25, 0.3) is 0 Å². The second kappa shape index (κ2) is 11.3. The van der Waals surface area contributed by atoms with Gasteiger partial charge in [-0.1, -0.05) is 58.0 Å². The van der Waals surface area contributed by atoms with Crippen LogP contribution in [0.5, 0.6) is 11.5 Å². The van der Waals surface area contributed by atoms with Crippen molar-refractivity contribution in [3.05, 3.63) is 34.4 Å². The van der Waals surface area contributed by atoms with Crippen molar-refractivity contribution in [1.82, 2.24) is 0 Å². The van der Waals surface area contributed by atoms with E-state index in [-0.39, 0.29) is 55.7 Å². The molecule has 0 bridgehead atoms. The molecule has 0 spiro atoms. The van der Waals surface area contributed by atoms with E-state index in [1.807, 2.05) is 13.0 Å². The van der Waals surface area contributed by atoms with Gasteiger partial charge in [-0.3, -0.25) is 14.4 Å². The van der Waals surface area contributed by atoms with Gasteiger partial charge in [0, 0.05) is 31.7 Å². The average Bonchev–Trinajstić information content (AvgIpc) is 2.93. The molecule has 3 fully saturated rings. The lowest BCUT2D eigenvalue weighted by Gasteiger charge is -2.70. The number of allylic oxidation sites excluding steroid dienone is 1. The van der Waals surface area contributed by atoms with E-state index in [1.54, 1.807) is 6.92 Å². The Morgan fingerprint density at radius 2 is 1.59 bits per heavy atom. The molecule has 242 valence electrons. The molecule has 0 aliphatic heterocycles. The van der Waals surface area contributed by atoms with Crippen molar-refractivity contribution >= 4 is 28.8 Å². The van der Waals surface area contributed by atoms with Gasteiger partial charge in [0.2, 0.25) is 0 Å². The van der Waals surface area contributed by atoms with E-state index in [0.717, 1.165) is 55.2 Å². The van der Waals surface area contributed by atoms with Crippen LogP contribution in [-0.2, 0) is 24.5 Å². The van der Waals surface area contributed by atoms with E-state index >= 15 is 0 Å². The molecule has 5 rings (SSSR count).